The molecule has 2 aromatic heterocycles. The molecule has 0 radical (unpaired) electrons. The summed E-state index contributed by atoms with van der Waals surface area (Å²) in [7, 11) is 0. The predicted octanol–water partition coefficient (Wildman–Crippen LogP) is 2.10. The number of nitrogens with two attached hydrogens (primary N) is 2. The van der Waals surface area contributed by atoms with Crippen LogP contribution in [0.1, 0.15) is 0 Å². The number of pyridine rings is 1. The fourth-order valence-corrected chi connectivity index (χ4v) is 2.07. The average molecular weight is 239 g/mol. The molecule has 0 spiro atoms. The topological polar surface area (TPSA) is 92.7 Å². The van der Waals surface area contributed by atoms with E-state index in [-0.39, 0.29) is 0 Å². The summed E-state index contributed by atoms with van der Waals surface area (Å²) in [4.78, 5) is 7.36. The van der Waals surface area contributed by atoms with Crippen molar-refractivity contribution in [2.45, 2.75) is 0 Å². The predicted molar refractivity (Wildman–Crippen MR) is 73.8 cm³/mol. The van der Waals surface area contributed by atoms with E-state index >= 15 is 0 Å². The first-order chi connectivity index (χ1) is 8.79. The number of benzene rings is 1. The van der Waals surface area contributed by atoms with Crippen molar-refractivity contribution in [3.05, 3.63) is 42.7 Å². The lowest BCUT2D eigenvalue weighted by Crippen LogP contribution is -2.08. The van der Waals surface area contributed by atoms with Gasteiger partial charge in [-0.05, 0) is 35.4 Å². The van der Waals surface area contributed by atoms with Crippen LogP contribution in [0.4, 0.5) is 11.4 Å². The summed E-state index contributed by atoms with van der Waals surface area (Å²) in [6, 6.07) is 9.72. The second-order valence-corrected chi connectivity index (χ2v) is 4.04. The first-order valence-electron chi connectivity index (χ1n) is 5.58. The summed E-state index contributed by atoms with van der Waals surface area (Å²) in [5, 5.41) is 1.07. The summed E-state index contributed by atoms with van der Waals surface area (Å²) in [6.45, 7) is 0. The van der Waals surface area contributed by atoms with Gasteiger partial charge in [-0.2, -0.15) is 0 Å². The average Bonchev–Trinajstić information content (AvgIpc) is 2.86. The molecule has 0 fully saturated rings. The first-order valence-corrected chi connectivity index (χ1v) is 5.58. The Hall–Kier alpha value is -2.53. The molecule has 0 saturated heterocycles. The molecule has 5 heteroatoms. The van der Waals surface area contributed by atoms with E-state index in [0.29, 0.717) is 5.69 Å². The van der Waals surface area contributed by atoms with Crippen molar-refractivity contribution >= 4 is 22.4 Å². The largest absolute Gasteiger partial charge is 0.397 e. The number of rotatable bonds is 2. The second kappa shape index (κ2) is 4.05. The van der Waals surface area contributed by atoms with E-state index in [9.17, 15) is 0 Å². The minimum atomic E-state index is 0.621. The highest BCUT2D eigenvalue weighted by Gasteiger charge is 2.07. The Kier molecular flexibility index (Phi) is 2.39. The van der Waals surface area contributed by atoms with Gasteiger partial charge in [0.2, 0.25) is 0 Å². The van der Waals surface area contributed by atoms with Gasteiger partial charge in [-0.1, -0.05) is 6.07 Å². The maximum atomic E-state index is 5.92. The van der Waals surface area contributed by atoms with Crippen LogP contribution in [0, 0.1) is 0 Å². The Morgan fingerprint density at radius 2 is 2.06 bits per heavy atom. The minimum Gasteiger partial charge on any atom is -0.397 e. The van der Waals surface area contributed by atoms with Gasteiger partial charge >= 0.3 is 0 Å². The Morgan fingerprint density at radius 3 is 2.83 bits per heavy atom. The smallest absolute Gasteiger partial charge is 0.137 e. The number of nitrogens with one attached hydrogen (secondary N) is 2. The number of fused-ring (bicyclic) bond motifs is 1. The van der Waals surface area contributed by atoms with Crippen molar-refractivity contribution in [1.29, 1.82) is 0 Å². The van der Waals surface area contributed by atoms with Gasteiger partial charge in [0.1, 0.15) is 5.65 Å². The number of anilines is 2. The summed E-state index contributed by atoms with van der Waals surface area (Å²) in [5.74, 6) is 5.37. The fraction of sp³-hybridized carbons (Fsp3) is 0. The molecule has 1 aromatic carbocycles. The van der Waals surface area contributed by atoms with Crippen LogP contribution < -0.4 is 17.0 Å². The molecule has 3 rings (SSSR count). The van der Waals surface area contributed by atoms with Crippen LogP contribution in [0.25, 0.3) is 22.2 Å². The maximum absolute atomic E-state index is 5.92. The van der Waals surface area contributed by atoms with Crippen molar-refractivity contribution in [3.63, 3.8) is 0 Å². The van der Waals surface area contributed by atoms with Crippen molar-refractivity contribution in [2.24, 2.45) is 5.84 Å². The third-order valence-corrected chi connectivity index (χ3v) is 2.98. The van der Waals surface area contributed by atoms with Gasteiger partial charge in [0.05, 0.1) is 11.4 Å². The standard InChI is InChI=1S/C13H13N5/c14-11-7-8(1-2-12(11)18-15)9-3-5-16-13-10(9)4-6-17-13/h1-7,18H,14-15H2,(H,16,17). The van der Waals surface area contributed by atoms with Crippen LogP contribution in [0.3, 0.4) is 0 Å². The number of hydrazine groups is 1. The van der Waals surface area contributed by atoms with Gasteiger partial charge in [0, 0.05) is 17.8 Å². The molecule has 0 bridgehead atoms. The minimum absolute atomic E-state index is 0.621. The van der Waals surface area contributed by atoms with Gasteiger partial charge < -0.3 is 16.1 Å². The van der Waals surface area contributed by atoms with Gasteiger partial charge in [-0.25, -0.2) is 4.98 Å². The van der Waals surface area contributed by atoms with E-state index in [0.717, 1.165) is 27.8 Å². The van der Waals surface area contributed by atoms with E-state index in [1.165, 1.54) is 0 Å². The molecule has 18 heavy (non-hydrogen) atoms. The third-order valence-electron chi connectivity index (χ3n) is 2.98. The zero-order valence-electron chi connectivity index (χ0n) is 9.64. The molecule has 0 amide bonds. The Bertz CT molecular complexity index is 701. The van der Waals surface area contributed by atoms with Gasteiger partial charge in [0.15, 0.2) is 0 Å². The zero-order valence-corrected chi connectivity index (χ0v) is 9.64. The van der Waals surface area contributed by atoms with Crippen LogP contribution in [-0.2, 0) is 0 Å². The number of nitrogens with zero attached hydrogens (tertiary/aromatic N) is 1. The van der Waals surface area contributed by atoms with Crippen molar-refractivity contribution in [2.75, 3.05) is 11.2 Å². The van der Waals surface area contributed by atoms with E-state index in [4.69, 9.17) is 11.6 Å². The summed E-state index contributed by atoms with van der Waals surface area (Å²) in [5.41, 5.74) is 12.8. The van der Waals surface area contributed by atoms with E-state index < -0.39 is 0 Å². The number of aromatic amines is 1. The molecule has 0 aliphatic rings. The highest BCUT2D eigenvalue weighted by molar-refractivity contribution is 5.94. The van der Waals surface area contributed by atoms with Gasteiger partial charge in [-0.3, -0.25) is 5.84 Å². The molecule has 0 saturated carbocycles. The highest BCUT2D eigenvalue weighted by Crippen LogP contribution is 2.30. The number of H-pyrrole nitrogens is 1. The maximum Gasteiger partial charge on any atom is 0.137 e. The Morgan fingerprint density at radius 1 is 1.17 bits per heavy atom. The zero-order chi connectivity index (χ0) is 12.5. The summed E-state index contributed by atoms with van der Waals surface area (Å²) in [6.07, 6.45) is 3.65. The molecule has 0 aliphatic heterocycles. The SMILES string of the molecule is NNc1ccc(-c2ccnc3[nH]ccc23)cc1N. The molecule has 0 aliphatic carbocycles. The first kappa shape index (κ1) is 10.6. The third kappa shape index (κ3) is 1.57. The Balaban J connectivity index is 2.20. The molecule has 90 valence electrons. The van der Waals surface area contributed by atoms with Crippen LogP contribution in [0.15, 0.2) is 42.7 Å². The van der Waals surface area contributed by atoms with Crippen molar-refractivity contribution in [1.82, 2.24) is 9.97 Å². The molecule has 0 atom stereocenters. The molecular formula is C13H13N5. The quantitative estimate of drug-likeness (QED) is 0.313. The number of hydrogen-bond donors (Lipinski definition) is 4. The fourth-order valence-electron chi connectivity index (χ4n) is 2.07. The number of nitrogen functional groups attached to an aromatic ring is 2. The normalized spacial score (nSPS) is 10.7. The van der Waals surface area contributed by atoms with Crippen LogP contribution in [0.2, 0.25) is 0 Å². The van der Waals surface area contributed by atoms with Crippen LogP contribution in [-0.4, -0.2) is 9.97 Å². The Labute approximate surface area is 104 Å². The van der Waals surface area contributed by atoms with E-state index in [2.05, 4.69) is 15.4 Å². The number of hydrogen-bond acceptors (Lipinski definition) is 4. The van der Waals surface area contributed by atoms with E-state index in [1.54, 1.807) is 6.20 Å². The lowest BCUT2D eigenvalue weighted by molar-refractivity contribution is 1.32. The van der Waals surface area contributed by atoms with Crippen molar-refractivity contribution in [3.8, 4) is 11.1 Å². The van der Waals surface area contributed by atoms with Gasteiger partial charge in [0.25, 0.3) is 0 Å². The summed E-state index contributed by atoms with van der Waals surface area (Å²) < 4.78 is 0. The van der Waals surface area contributed by atoms with E-state index in [1.807, 2.05) is 36.5 Å². The number of aromatic nitrogens is 2. The molecule has 6 N–H and O–H groups in total. The summed E-state index contributed by atoms with van der Waals surface area (Å²) >= 11 is 0. The van der Waals surface area contributed by atoms with Crippen LogP contribution >= 0.6 is 0 Å². The molecule has 2 heterocycles. The molecule has 5 nitrogen and oxygen atoms in total. The molecule has 3 aromatic rings. The van der Waals surface area contributed by atoms with Crippen LogP contribution in [0.5, 0.6) is 0 Å². The monoisotopic (exact) mass is 239 g/mol. The molecular weight excluding hydrogens is 226 g/mol. The van der Waals surface area contributed by atoms with Gasteiger partial charge in [-0.15, -0.1) is 0 Å². The lowest BCUT2D eigenvalue weighted by atomic mass is 10.0. The lowest BCUT2D eigenvalue weighted by Gasteiger charge is -2.08. The van der Waals surface area contributed by atoms with Crippen molar-refractivity contribution < 1.29 is 0 Å². The molecule has 0 unspecified atom stereocenters. The second-order valence-electron chi connectivity index (χ2n) is 4.04. The highest BCUT2D eigenvalue weighted by atomic mass is 15.2.